The Labute approximate surface area is 179 Å². The standard InChI is InChI=1S/C21H24N8O2/c1-12-7-17(31-15-5-3-13(23)4-6-15)20(21(26-12)30-2)16-8-18(29-28-16)27-19-11-24-14(9-22)10-25-19/h7-8,10-11,13,15H,3-6,23H2,1-2H3,(H2,25,27,28,29)/t13-,15-. The molecule has 0 atom stereocenters. The fourth-order valence-corrected chi connectivity index (χ4v) is 3.59. The van der Waals surface area contributed by atoms with E-state index in [1.807, 2.05) is 25.1 Å². The van der Waals surface area contributed by atoms with Gasteiger partial charge in [0.25, 0.3) is 0 Å². The van der Waals surface area contributed by atoms with Crippen LogP contribution in [0, 0.1) is 18.3 Å². The van der Waals surface area contributed by atoms with E-state index < -0.39 is 0 Å². The lowest BCUT2D eigenvalue weighted by Gasteiger charge is -2.27. The molecule has 0 spiro atoms. The second-order valence-corrected chi connectivity index (χ2v) is 7.49. The SMILES string of the molecule is COc1nc(C)cc(O[C@H]2CC[C@H](N)CC2)c1-c1cc(Nc2cnc(C#N)cn2)n[nH]1. The monoisotopic (exact) mass is 420 g/mol. The van der Waals surface area contributed by atoms with Gasteiger partial charge in [0, 0.05) is 23.9 Å². The topological polar surface area (TPSA) is 148 Å². The highest BCUT2D eigenvalue weighted by molar-refractivity contribution is 5.75. The Morgan fingerprint density at radius 1 is 1.16 bits per heavy atom. The van der Waals surface area contributed by atoms with Gasteiger partial charge in [-0.1, -0.05) is 0 Å². The lowest BCUT2D eigenvalue weighted by molar-refractivity contribution is 0.147. The zero-order valence-corrected chi connectivity index (χ0v) is 17.4. The van der Waals surface area contributed by atoms with E-state index in [-0.39, 0.29) is 17.8 Å². The third-order valence-electron chi connectivity index (χ3n) is 5.15. The fraction of sp³-hybridized carbons (Fsp3) is 0.381. The Bertz CT molecular complexity index is 1080. The number of hydrogen-bond donors (Lipinski definition) is 3. The highest BCUT2D eigenvalue weighted by Crippen LogP contribution is 2.39. The van der Waals surface area contributed by atoms with Gasteiger partial charge in [-0.25, -0.2) is 15.0 Å². The molecule has 0 saturated heterocycles. The fourth-order valence-electron chi connectivity index (χ4n) is 3.59. The van der Waals surface area contributed by atoms with E-state index in [0.717, 1.165) is 31.4 Å². The number of nitrogens with zero attached hydrogens (tertiary/aromatic N) is 5. The molecule has 0 amide bonds. The lowest BCUT2D eigenvalue weighted by Crippen LogP contribution is -2.31. The van der Waals surface area contributed by atoms with Gasteiger partial charge in [-0.3, -0.25) is 5.10 Å². The summed E-state index contributed by atoms with van der Waals surface area (Å²) in [5.74, 6) is 2.15. The number of nitrogens with one attached hydrogen (secondary N) is 2. The predicted octanol–water partition coefficient (Wildman–Crippen LogP) is 2.84. The van der Waals surface area contributed by atoms with Gasteiger partial charge in [-0.05, 0) is 32.6 Å². The predicted molar refractivity (Wildman–Crippen MR) is 114 cm³/mol. The number of H-pyrrole nitrogens is 1. The summed E-state index contributed by atoms with van der Waals surface area (Å²) in [6, 6.07) is 5.91. The summed E-state index contributed by atoms with van der Waals surface area (Å²) in [6.07, 6.45) is 6.69. The van der Waals surface area contributed by atoms with Crippen molar-refractivity contribution in [2.45, 2.75) is 44.8 Å². The zero-order valence-electron chi connectivity index (χ0n) is 17.4. The van der Waals surface area contributed by atoms with Gasteiger partial charge in [0.15, 0.2) is 11.5 Å². The van der Waals surface area contributed by atoms with Crippen LogP contribution in [0.25, 0.3) is 11.3 Å². The number of rotatable bonds is 6. The Balaban J connectivity index is 1.61. The van der Waals surface area contributed by atoms with Crippen LogP contribution >= 0.6 is 0 Å². The van der Waals surface area contributed by atoms with Crippen molar-refractivity contribution in [1.29, 1.82) is 5.26 Å². The average Bonchev–Trinajstić information content (AvgIpc) is 3.23. The molecular weight excluding hydrogens is 396 g/mol. The number of aromatic amines is 1. The molecule has 1 aliphatic carbocycles. The molecule has 0 unspecified atom stereocenters. The van der Waals surface area contributed by atoms with Gasteiger partial charge < -0.3 is 20.5 Å². The molecule has 10 nitrogen and oxygen atoms in total. The largest absolute Gasteiger partial charge is 0.489 e. The van der Waals surface area contributed by atoms with Crippen LogP contribution in [0.3, 0.4) is 0 Å². The molecule has 4 N–H and O–H groups in total. The van der Waals surface area contributed by atoms with Crippen molar-refractivity contribution in [2.24, 2.45) is 5.73 Å². The van der Waals surface area contributed by atoms with Crippen LogP contribution in [0.4, 0.5) is 11.6 Å². The number of methoxy groups -OCH3 is 1. The van der Waals surface area contributed by atoms with Gasteiger partial charge in [0.1, 0.15) is 23.2 Å². The molecule has 3 aromatic rings. The number of aromatic nitrogens is 5. The summed E-state index contributed by atoms with van der Waals surface area (Å²) in [5, 5.41) is 19.2. The maximum Gasteiger partial charge on any atom is 0.226 e. The van der Waals surface area contributed by atoms with Crippen molar-refractivity contribution in [3.05, 3.63) is 35.9 Å². The highest BCUT2D eigenvalue weighted by Gasteiger charge is 2.24. The Morgan fingerprint density at radius 2 is 1.97 bits per heavy atom. The molecule has 3 heterocycles. The molecule has 1 aliphatic rings. The number of hydrogen-bond acceptors (Lipinski definition) is 9. The van der Waals surface area contributed by atoms with E-state index in [0.29, 0.717) is 34.5 Å². The highest BCUT2D eigenvalue weighted by atomic mass is 16.5. The van der Waals surface area contributed by atoms with Crippen LogP contribution in [-0.4, -0.2) is 44.4 Å². The van der Waals surface area contributed by atoms with Crippen LogP contribution in [0.2, 0.25) is 0 Å². The number of ether oxygens (including phenoxy) is 2. The maximum atomic E-state index is 8.85. The number of anilines is 2. The molecule has 0 aliphatic heterocycles. The first-order valence-corrected chi connectivity index (χ1v) is 10.1. The van der Waals surface area contributed by atoms with Gasteiger partial charge in [-0.2, -0.15) is 10.4 Å². The molecular formula is C21H24N8O2. The van der Waals surface area contributed by atoms with Crippen molar-refractivity contribution in [3.63, 3.8) is 0 Å². The second-order valence-electron chi connectivity index (χ2n) is 7.49. The van der Waals surface area contributed by atoms with Gasteiger partial charge in [0.05, 0.1) is 31.3 Å². The molecule has 10 heteroatoms. The van der Waals surface area contributed by atoms with Crippen LogP contribution in [0.1, 0.15) is 37.1 Å². The molecule has 160 valence electrons. The summed E-state index contributed by atoms with van der Waals surface area (Å²) in [6.45, 7) is 1.90. The molecule has 1 fully saturated rings. The number of nitriles is 1. The quantitative estimate of drug-likeness (QED) is 0.547. The first kappa shape index (κ1) is 20.6. The molecule has 3 aromatic heterocycles. The summed E-state index contributed by atoms with van der Waals surface area (Å²) in [4.78, 5) is 12.7. The number of pyridine rings is 1. The van der Waals surface area contributed by atoms with Crippen LogP contribution in [0.5, 0.6) is 11.6 Å². The zero-order chi connectivity index (χ0) is 21.8. The van der Waals surface area contributed by atoms with Crippen molar-refractivity contribution in [1.82, 2.24) is 25.1 Å². The van der Waals surface area contributed by atoms with Crippen molar-refractivity contribution < 1.29 is 9.47 Å². The van der Waals surface area contributed by atoms with E-state index in [1.54, 1.807) is 7.11 Å². The van der Waals surface area contributed by atoms with E-state index in [4.69, 9.17) is 20.5 Å². The molecule has 0 aromatic carbocycles. The maximum absolute atomic E-state index is 8.85. The first-order chi connectivity index (χ1) is 15.1. The molecule has 4 rings (SSSR count). The molecule has 1 saturated carbocycles. The normalized spacial score (nSPS) is 18.3. The minimum atomic E-state index is 0.0968. The van der Waals surface area contributed by atoms with Crippen LogP contribution in [0.15, 0.2) is 24.5 Å². The van der Waals surface area contributed by atoms with Crippen LogP contribution < -0.4 is 20.5 Å². The molecule has 0 bridgehead atoms. The average molecular weight is 420 g/mol. The second kappa shape index (κ2) is 8.97. The van der Waals surface area contributed by atoms with E-state index in [9.17, 15) is 0 Å². The summed E-state index contributed by atoms with van der Waals surface area (Å²) in [5.41, 5.74) is 8.47. The Morgan fingerprint density at radius 3 is 2.65 bits per heavy atom. The smallest absolute Gasteiger partial charge is 0.226 e. The third-order valence-corrected chi connectivity index (χ3v) is 5.15. The van der Waals surface area contributed by atoms with Gasteiger partial charge in [-0.15, -0.1) is 0 Å². The summed E-state index contributed by atoms with van der Waals surface area (Å²) >= 11 is 0. The lowest BCUT2D eigenvalue weighted by atomic mass is 9.93. The Hall–Kier alpha value is -3.71. The minimum Gasteiger partial charge on any atom is -0.489 e. The third kappa shape index (κ3) is 4.73. The van der Waals surface area contributed by atoms with Crippen LogP contribution in [-0.2, 0) is 0 Å². The Kier molecular flexibility index (Phi) is 5.95. The molecule has 0 radical (unpaired) electrons. The van der Waals surface area contributed by atoms with E-state index >= 15 is 0 Å². The van der Waals surface area contributed by atoms with Gasteiger partial charge >= 0.3 is 0 Å². The number of nitrogens with two attached hydrogens (primary N) is 1. The van der Waals surface area contributed by atoms with Crippen molar-refractivity contribution in [3.8, 4) is 29.0 Å². The van der Waals surface area contributed by atoms with Gasteiger partial charge in [0.2, 0.25) is 5.88 Å². The minimum absolute atomic E-state index is 0.0968. The summed E-state index contributed by atoms with van der Waals surface area (Å²) < 4.78 is 11.9. The number of aryl methyl sites for hydroxylation is 1. The van der Waals surface area contributed by atoms with Crippen molar-refractivity contribution >= 4 is 11.6 Å². The van der Waals surface area contributed by atoms with E-state index in [1.165, 1.54) is 12.4 Å². The summed E-state index contributed by atoms with van der Waals surface area (Å²) in [7, 11) is 1.58. The van der Waals surface area contributed by atoms with E-state index in [2.05, 4.69) is 30.5 Å². The first-order valence-electron chi connectivity index (χ1n) is 10.1. The van der Waals surface area contributed by atoms with Crippen molar-refractivity contribution in [2.75, 3.05) is 12.4 Å². The molecule has 31 heavy (non-hydrogen) atoms.